The lowest BCUT2D eigenvalue weighted by atomic mass is 9.70. The molecule has 0 N–H and O–H groups in total. The van der Waals surface area contributed by atoms with Crippen LogP contribution in [0.15, 0.2) is 84.9 Å². The molecule has 2 aliphatic rings. The van der Waals surface area contributed by atoms with E-state index in [1.54, 1.807) is 0 Å². The molecule has 128 valence electrons. The van der Waals surface area contributed by atoms with Crippen molar-refractivity contribution in [1.82, 2.24) is 0 Å². The number of halogens is 1. The summed E-state index contributed by atoms with van der Waals surface area (Å²) in [6.07, 6.45) is 0. The SMILES string of the molecule is Cc1ccc2c(c1)C1(c3ccccc3-2)c2ccccc2-c2ccc(I)cc21. The molecule has 1 atom stereocenters. The first kappa shape index (κ1) is 15.6. The second-order valence-corrected chi connectivity index (χ2v) is 8.83. The maximum atomic E-state index is 2.45. The van der Waals surface area contributed by atoms with Gasteiger partial charge in [-0.2, -0.15) is 0 Å². The average Bonchev–Trinajstić information content (AvgIpc) is 3.14. The average molecular weight is 456 g/mol. The molecule has 4 aromatic carbocycles. The highest BCUT2D eigenvalue weighted by Gasteiger charge is 2.51. The normalized spacial score (nSPS) is 18.1. The third-order valence-corrected chi connectivity index (χ3v) is 6.88. The molecule has 2 aliphatic carbocycles. The van der Waals surface area contributed by atoms with Gasteiger partial charge in [0.2, 0.25) is 0 Å². The van der Waals surface area contributed by atoms with Gasteiger partial charge in [0.1, 0.15) is 0 Å². The zero-order chi connectivity index (χ0) is 18.2. The van der Waals surface area contributed by atoms with Crippen molar-refractivity contribution in [1.29, 1.82) is 0 Å². The lowest BCUT2D eigenvalue weighted by Crippen LogP contribution is -2.26. The molecule has 27 heavy (non-hydrogen) atoms. The standard InChI is InChI=1S/C26H17I/c1-16-10-12-20-18-6-2-4-8-22(18)26(24(20)14-16)23-9-5-3-7-19(23)21-13-11-17(27)15-25(21)26/h2-15H,1H3. The van der Waals surface area contributed by atoms with Gasteiger partial charge in [-0.05, 0) is 86.2 Å². The van der Waals surface area contributed by atoms with E-state index in [0.717, 1.165) is 0 Å². The van der Waals surface area contributed by atoms with Gasteiger partial charge in [0, 0.05) is 3.57 Å². The Bertz CT molecular complexity index is 1150. The number of rotatable bonds is 0. The third-order valence-electron chi connectivity index (χ3n) is 6.21. The van der Waals surface area contributed by atoms with E-state index in [1.165, 1.54) is 53.6 Å². The topological polar surface area (TPSA) is 0 Å². The zero-order valence-electron chi connectivity index (χ0n) is 15.0. The van der Waals surface area contributed by atoms with Gasteiger partial charge in [0.25, 0.3) is 0 Å². The van der Waals surface area contributed by atoms with Crippen molar-refractivity contribution < 1.29 is 0 Å². The van der Waals surface area contributed by atoms with E-state index in [0.29, 0.717) is 0 Å². The van der Waals surface area contributed by atoms with Gasteiger partial charge in [-0.25, -0.2) is 0 Å². The summed E-state index contributed by atoms with van der Waals surface area (Å²) in [7, 11) is 0. The Morgan fingerprint density at radius 2 is 1.07 bits per heavy atom. The minimum atomic E-state index is -0.203. The maximum absolute atomic E-state index is 2.45. The van der Waals surface area contributed by atoms with Crippen LogP contribution in [0.3, 0.4) is 0 Å². The molecular formula is C26H17I. The van der Waals surface area contributed by atoms with Gasteiger partial charge in [-0.1, -0.05) is 78.4 Å². The van der Waals surface area contributed by atoms with Gasteiger partial charge in [-0.3, -0.25) is 0 Å². The minimum Gasteiger partial charge on any atom is -0.0619 e. The summed E-state index contributed by atoms with van der Waals surface area (Å²) in [5.41, 5.74) is 12.3. The van der Waals surface area contributed by atoms with E-state index in [2.05, 4.69) is 114 Å². The van der Waals surface area contributed by atoms with Crippen molar-refractivity contribution in [3.63, 3.8) is 0 Å². The molecule has 0 aromatic heterocycles. The summed E-state index contributed by atoms with van der Waals surface area (Å²) < 4.78 is 1.29. The van der Waals surface area contributed by atoms with E-state index < -0.39 is 0 Å². The number of hydrogen-bond donors (Lipinski definition) is 0. The fourth-order valence-electron chi connectivity index (χ4n) is 5.23. The van der Waals surface area contributed by atoms with Crippen molar-refractivity contribution in [2.75, 3.05) is 0 Å². The van der Waals surface area contributed by atoms with Gasteiger partial charge < -0.3 is 0 Å². The number of hydrogen-bond acceptors (Lipinski definition) is 0. The molecule has 0 nitrogen and oxygen atoms in total. The summed E-state index contributed by atoms with van der Waals surface area (Å²) in [6, 6.07) is 31.8. The molecular weight excluding hydrogens is 439 g/mol. The van der Waals surface area contributed by atoms with Crippen LogP contribution in [-0.4, -0.2) is 0 Å². The summed E-state index contributed by atoms with van der Waals surface area (Å²) in [4.78, 5) is 0. The van der Waals surface area contributed by atoms with Crippen LogP contribution < -0.4 is 0 Å². The molecule has 6 rings (SSSR count). The van der Waals surface area contributed by atoms with Gasteiger partial charge in [-0.15, -0.1) is 0 Å². The Morgan fingerprint density at radius 3 is 1.74 bits per heavy atom. The molecule has 0 saturated heterocycles. The van der Waals surface area contributed by atoms with Crippen LogP contribution in [0.25, 0.3) is 22.3 Å². The molecule has 1 spiro atoms. The minimum absolute atomic E-state index is 0.203. The number of benzene rings is 4. The molecule has 0 bridgehead atoms. The van der Waals surface area contributed by atoms with Crippen LogP contribution in [0.4, 0.5) is 0 Å². The van der Waals surface area contributed by atoms with Crippen molar-refractivity contribution in [2.45, 2.75) is 12.3 Å². The Labute approximate surface area is 173 Å². The molecule has 0 radical (unpaired) electrons. The van der Waals surface area contributed by atoms with Gasteiger partial charge in [0.05, 0.1) is 5.41 Å². The Balaban J connectivity index is 1.88. The monoisotopic (exact) mass is 456 g/mol. The Kier molecular flexibility index (Phi) is 3.09. The van der Waals surface area contributed by atoms with Crippen molar-refractivity contribution in [3.8, 4) is 22.3 Å². The molecule has 0 amide bonds. The molecule has 0 saturated carbocycles. The van der Waals surface area contributed by atoms with Crippen LogP contribution >= 0.6 is 22.6 Å². The number of fused-ring (bicyclic) bond motifs is 10. The smallest absolute Gasteiger partial charge is 0.0619 e. The van der Waals surface area contributed by atoms with Crippen LogP contribution in [0.2, 0.25) is 0 Å². The zero-order valence-corrected chi connectivity index (χ0v) is 17.1. The van der Waals surface area contributed by atoms with E-state index >= 15 is 0 Å². The highest BCUT2D eigenvalue weighted by molar-refractivity contribution is 14.1. The first-order chi connectivity index (χ1) is 13.2. The predicted molar refractivity (Wildman–Crippen MR) is 120 cm³/mol. The second kappa shape index (κ2) is 5.32. The second-order valence-electron chi connectivity index (χ2n) is 7.58. The van der Waals surface area contributed by atoms with Crippen LogP contribution in [-0.2, 0) is 5.41 Å². The predicted octanol–water partition coefficient (Wildman–Crippen LogP) is 6.94. The fraction of sp³-hybridized carbons (Fsp3) is 0.0769. The molecule has 1 heteroatoms. The van der Waals surface area contributed by atoms with Crippen LogP contribution in [0.1, 0.15) is 27.8 Å². The molecule has 1 unspecified atom stereocenters. The number of aryl methyl sites for hydroxylation is 1. The van der Waals surface area contributed by atoms with E-state index in [-0.39, 0.29) is 5.41 Å². The van der Waals surface area contributed by atoms with E-state index in [9.17, 15) is 0 Å². The third kappa shape index (κ3) is 1.83. The molecule has 4 aromatic rings. The summed E-state index contributed by atoms with van der Waals surface area (Å²) >= 11 is 2.45. The van der Waals surface area contributed by atoms with Crippen molar-refractivity contribution in [3.05, 3.63) is 116 Å². The highest BCUT2D eigenvalue weighted by Crippen LogP contribution is 2.62. The van der Waals surface area contributed by atoms with Crippen LogP contribution in [0.5, 0.6) is 0 Å². The fourth-order valence-corrected chi connectivity index (χ4v) is 5.72. The summed E-state index contributed by atoms with van der Waals surface area (Å²) in [6.45, 7) is 2.20. The Hall–Kier alpha value is -2.39. The summed E-state index contributed by atoms with van der Waals surface area (Å²) in [5.74, 6) is 0. The lowest BCUT2D eigenvalue weighted by molar-refractivity contribution is 0.792. The summed E-state index contributed by atoms with van der Waals surface area (Å²) in [5, 5.41) is 0. The largest absolute Gasteiger partial charge is 0.0726 e. The van der Waals surface area contributed by atoms with Gasteiger partial charge in [0.15, 0.2) is 0 Å². The Morgan fingerprint density at radius 1 is 0.556 bits per heavy atom. The van der Waals surface area contributed by atoms with E-state index in [4.69, 9.17) is 0 Å². The quantitative estimate of drug-likeness (QED) is 0.217. The molecule has 0 aliphatic heterocycles. The molecule has 0 heterocycles. The first-order valence-corrected chi connectivity index (χ1v) is 10.4. The van der Waals surface area contributed by atoms with Crippen LogP contribution in [0, 0.1) is 10.5 Å². The highest BCUT2D eigenvalue weighted by atomic mass is 127. The lowest BCUT2D eigenvalue weighted by Gasteiger charge is -2.30. The first-order valence-electron chi connectivity index (χ1n) is 9.32. The van der Waals surface area contributed by atoms with Gasteiger partial charge >= 0.3 is 0 Å². The molecule has 0 fully saturated rings. The van der Waals surface area contributed by atoms with E-state index in [1.807, 2.05) is 0 Å². The maximum Gasteiger partial charge on any atom is 0.0726 e. The van der Waals surface area contributed by atoms with Crippen molar-refractivity contribution >= 4 is 22.6 Å². The van der Waals surface area contributed by atoms with Crippen molar-refractivity contribution in [2.24, 2.45) is 0 Å².